The number of nitrogens with two attached hydrogens (primary N) is 1. The average Bonchev–Trinajstić information content (AvgIpc) is 2.56. The second kappa shape index (κ2) is 6.58. The number of amides is 2. The minimum Gasteiger partial charge on any atom is -0.366 e. The van der Waals surface area contributed by atoms with Crippen molar-refractivity contribution in [1.29, 1.82) is 0 Å². The standard InChI is InChI=1S/C17H17FN2O3/c1-17(23-2,11-6-4-3-5-7-11)16(22)20-12-8-9-14(18)13(10-12)15(19)21/h3-10H,1-2H3,(H2,19,21)(H,20,22)/t17-/m0/s1. The van der Waals surface area contributed by atoms with Crippen LogP contribution >= 0.6 is 0 Å². The molecule has 0 bridgehead atoms. The number of nitrogens with one attached hydrogen (secondary N) is 1. The Morgan fingerprint density at radius 2 is 1.83 bits per heavy atom. The fourth-order valence-electron chi connectivity index (χ4n) is 2.14. The van der Waals surface area contributed by atoms with Gasteiger partial charge in [0.2, 0.25) is 0 Å². The lowest BCUT2D eigenvalue weighted by atomic mass is 9.94. The molecule has 3 N–H and O–H groups in total. The maximum atomic E-state index is 13.5. The van der Waals surface area contributed by atoms with Crippen LogP contribution in [0.25, 0.3) is 0 Å². The average molecular weight is 316 g/mol. The van der Waals surface area contributed by atoms with Gasteiger partial charge >= 0.3 is 0 Å². The Morgan fingerprint density at radius 1 is 1.17 bits per heavy atom. The zero-order valence-electron chi connectivity index (χ0n) is 12.8. The van der Waals surface area contributed by atoms with Gasteiger partial charge in [-0.3, -0.25) is 9.59 Å². The van der Waals surface area contributed by atoms with Gasteiger partial charge in [0.1, 0.15) is 5.82 Å². The molecule has 0 unspecified atom stereocenters. The van der Waals surface area contributed by atoms with Crippen molar-refractivity contribution in [3.63, 3.8) is 0 Å². The number of carbonyl (C=O) groups excluding carboxylic acids is 2. The topological polar surface area (TPSA) is 81.4 Å². The number of carbonyl (C=O) groups is 2. The third-order valence-corrected chi connectivity index (χ3v) is 3.66. The van der Waals surface area contributed by atoms with Crippen LogP contribution in [0.1, 0.15) is 22.8 Å². The Bertz CT molecular complexity index is 734. The quantitative estimate of drug-likeness (QED) is 0.889. The molecule has 0 fully saturated rings. The second-order valence-electron chi connectivity index (χ2n) is 5.12. The number of ether oxygens (including phenoxy) is 1. The van der Waals surface area contributed by atoms with Gasteiger partial charge in [-0.1, -0.05) is 30.3 Å². The number of halogens is 1. The predicted octanol–water partition coefficient (Wildman–Crippen LogP) is 2.42. The van der Waals surface area contributed by atoms with Crippen LogP contribution in [-0.2, 0) is 15.1 Å². The lowest BCUT2D eigenvalue weighted by Gasteiger charge is -2.27. The first-order chi connectivity index (χ1) is 10.9. The highest BCUT2D eigenvalue weighted by molar-refractivity contribution is 5.99. The molecule has 0 aliphatic rings. The van der Waals surface area contributed by atoms with Gasteiger partial charge in [0.05, 0.1) is 5.56 Å². The first-order valence-electron chi connectivity index (χ1n) is 6.90. The molecule has 2 rings (SSSR count). The Morgan fingerprint density at radius 3 is 2.39 bits per heavy atom. The zero-order valence-corrected chi connectivity index (χ0v) is 12.8. The van der Waals surface area contributed by atoms with Gasteiger partial charge in [-0.25, -0.2) is 4.39 Å². The highest BCUT2D eigenvalue weighted by Crippen LogP contribution is 2.26. The highest BCUT2D eigenvalue weighted by atomic mass is 19.1. The number of anilines is 1. The van der Waals surface area contributed by atoms with Gasteiger partial charge < -0.3 is 15.8 Å². The normalized spacial score (nSPS) is 13.2. The van der Waals surface area contributed by atoms with Gasteiger partial charge in [0.25, 0.3) is 11.8 Å². The highest BCUT2D eigenvalue weighted by Gasteiger charge is 2.35. The number of primary amides is 1. The summed E-state index contributed by atoms with van der Waals surface area (Å²) in [6.07, 6.45) is 0. The molecular formula is C17H17FN2O3. The molecule has 0 aliphatic carbocycles. The van der Waals surface area contributed by atoms with E-state index in [2.05, 4.69) is 5.32 Å². The van der Waals surface area contributed by atoms with Crippen molar-refractivity contribution >= 4 is 17.5 Å². The minimum absolute atomic E-state index is 0.254. The van der Waals surface area contributed by atoms with Gasteiger partial charge in [-0.05, 0) is 30.7 Å². The molecule has 2 aromatic rings. The van der Waals surface area contributed by atoms with Crippen LogP contribution in [0.2, 0.25) is 0 Å². The fourth-order valence-corrected chi connectivity index (χ4v) is 2.14. The number of hydrogen-bond donors (Lipinski definition) is 2. The molecule has 5 nitrogen and oxygen atoms in total. The molecule has 0 aliphatic heterocycles. The van der Waals surface area contributed by atoms with Gasteiger partial charge in [0.15, 0.2) is 5.60 Å². The van der Waals surface area contributed by atoms with E-state index >= 15 is 0 Å². The van der Waals surface area contributed by atoms with Crippen LogP contribution in [0.5, 0.6) is 0 Å². The van der Waals surface area contributed by atoms with Crippen molar-refractivity contribution in [2.45, 2.75) is 12.5 Å². The van der Waals surface area contributed by atoms with Crippen molar-refractivity contribution in [3.8, 4) is 0 Å². The van der Waals surface area contributed by atoms with E-state index in [4.69, 9.17) is 10.5 Å². The minimum atomic E-state index is -1.23. The third kappa shape index (κ3) is 3.37. The second-order valence-corrected chi connectivity index (χ2v) is 5.12. The van der Waals surface area contributed by atoms with E-state index in [0.29, 0.717) is 5.56 Å². The van der Waals surface area contributed by atoms with Crippen LogP contribution in [0.4, 0.5) is 10.1 Å². The van der Waals surface area contributed by atoms with Gasteiger partial charge in [-0.2, -0.15) is 0 Å². The maximum absolute atomic E-state index is 13.5. The van der Waals surface area contributed by atoms with Gasteiger partial charge in [-0.15, -0.1) is 0 Å². The van der Waals surface area contributed by atoms with E-state index in [-0.39, 0.29) is 11.3 Å². The molecule has 0 spiro atoms. The summed E-state index contributed by atoms with van der Waals surface area (Å²) in [6, 6.07) is 12.6. The van der Waals surface area contributed by atoms with E-state index in [1.807, 2.05) is 6.07 Å². The van der Waals surface area contributed by atoms with Crippen molar-refractivity contribution in [3.05, 3.63) is 65.5 Å². The van der Waals surface area contributed by atoms with Crippen LogP contribution in [0.15, 0.2) is 48.5 Å². The first-order valence-corrected chi connectivity index (χ1v) is 6.90. The largest absolute Gasteiger partial charge is 0.366 e. The SMILES string of the molecule is CO[C@](C)(C(=O)Nc1ccc(F)c(C(N)=O)c1)c1ccccc1. The summed E-state index contributed by atoms with van der Waals surface area (Å²) < 4.78 is 18.9. The molecule has 1 atom stereocenters. The first kappa shape index (κ1) is 16.6. The molecule has 0 radical (unpaired) electrons. The van der Waals surface area contributed by atoms with Crippen molar-refractivity contribution in [1.82, 2.24) is 0 Å². The molecule has 6 heteroatoms. The number of benzene rings is 2. The molecule has 120 valence electrons. The summed E-state index contributed by atoms with van der Waals surface area (Å²) in [4.78, 5) is 23.8. The Balaban J connectivity index is 2.30. The summed E-state index contributed by atoms with van der Waals surface area (Å²) in [6.45, 7) is 1.62. The summed E-state index contributed by atoms with van der Waals surface area (Å²) in [5.41, 5.74) is 4.50. The van der Waals surface area contributed by atoms with E-state index in [1.165, 1.54) is 19.2 Å². The van der Waals surface area contributed by atoms with Crippen LogP contribution in [-0.4, -0.2) is 18.9 Å². The van der Waals surface area contributed by atoms with Crippen molar-refractivity contribution in [2.24, 2.45) is 5.73 Å². The summed E-state index contributed by atoms with van der Waals surface area (Å²) in [5, 5.41) is 2.62. The lowest BCUT2D eigenvalue weighted by molar-refractivity contribution is -0.136. The number of methoxy groups -OCH3 is 1. The summed E-state index contributed by atoms with van der Waals surface area (Å²) in [7, 11) is 1.42. The lowest BCUT2D eigenvalue weighted by Crippen LogP contribution is -2.39. The smallest absolute Gasteiger partial charge is 0.260 e. The third-order valence-electron chi connectivity index (χ3n) is 3.66. The molecule has 0 saturated carbocycles. The monoisotopic (exact) mass is 316 g/mol. The Kier molecular flexibility index (Phi) is 4.76. The van der Waals surface area contributed by atoms with Crippen LogP contribution < -0.4 is 11.1 Å². The summed E-state index contributed by atoms with van der Waals surface area (Å²) >= 11 is 0. The Hall–Kier alpha value is -2.73. The van der Waals surface area contributed by atoms with E-state index in [9.17, 15) is 14.0 Å². The molecule has 2 amide bonds. The molecule has 0 heterocycles. The van der Waals surface area contributed by atoms with E-state index in [1.54, 1.807) is 31.2 Å². The van der Waals surface area contributed by atoms with E-state index < -0.39 is 23.2 Å². The molecular weight excluding hydrogens is 299 g/mol. The molecule has 2 aromatic carbocycles. The maximum Gasteiger partial charge on any atom is 0.260 e. The van der Waals surface area contributed by atoms with E-state index in [0.717, 1.165) is 6.07 Å². The van der Waals surface area contributed by atoms with Crippen molar-refractivity contribution in [2.75, 3.05) is 12.4 Å². The predicted molar refractivity (Wildman–Crippen MR) is 84.4 cm³/mol. The molecule has 0 saturated heterocycles. The molecule has 23 heavy (non-hydrogen) atoms. The van der Waals surface area contributed by atoms with Crippen LogP contribution in [0.3, 0.4) is 0 Å². The molecule has 0 aromatic heterocycles. The fraction of sp³-hybridized carbons (Fsp3) is 0.176. The van der Waals surface area contributed by atoms with Crippen molar-refractivity contribution < 1.29 is 18.7 Å². The van der Waals surface area contributed by atoms with Gasteiger partial charge in [0, 0.05) is 12.8 Å². The summed E-state index contributed by atoms with van der Waals surface area (Å²) in [5.74, 6) is -2.10. The number of hydrogen-bond acceptors (Lipinski definition) is 3. The zero-order chi connectivity index (χ0) is 17.0. The Labute approximate surface area is 133 Å². The van der Waals surface area contributed by atoms with Crippen LogP contribution in [0, 0.1) is 5.82 Å². The number of rotatable bonds is 5.